The minimum absolute atomic E-state index is 0.102. The summed E-state index contributed by atoms with van der Waals surface area (Å²) in [5.41, 5.74) is 4.55. The topological polar surface area (TPSA) is 94.0 Å². The highest BCUT2D eigenvalue weighted by Gasteiger charge is 2.27. The van der Waals surface area contributed by atoms with Gasteiger partial charge in [-0.05, 0) is 81.6 Å². The number of H-pyrrole nitrogens is 1. The van der Waals surface area contributed by atoms with Gasteiger partial charge in [0.05, 0.1) is 30.2 Å². The van der Waals surface area contributed by atoms with E-state index in [4.69, 9.17) is 26.1 Å². The van der Waals surface area contributed by atoms with E-state index in [0.29, 0.717) is 22.4 Å². The summed E-state index contributed by atoms with van der Waals surface area (Å²) in [5.74, 6) is 3.08. The monoisotopic (exact) mass is 601 g/mol. The van der Waals surface area contributed by atoms with Crippen molar-refractivity contribution in [3.05, 3.63) is 88.3 Å². The standard InChI is InChI=1S/C32H33ClFN7O2/c1-20-36-31(39-38-20)22-5-7-29-28(15-22)37-30(41(29)17-25-10-14-42-25)18-40-12-8-21(9-13-40)26-3-2-11-35-32(26)43-19-23-4-6-24(33)16-27(23)34/h2-7,11,15-16,21,25H,8-10,12-14,17-19H2,1H3,(H,36,38,39)/t25-/m0/s1. The van der Waals surface area contributed by atoms with Crippen LogP contribution in [0.3, 0.4) is 0 Å². The molecule has 2 aliphatic rings. The summed E-state index contributed by atoms with van der Waals surface area (Å²) in [6.45, 7) is 6.24. The van der Waals surface area contributed by atoms with Crippen molar-refractivity contribution in [3.8, 4) is 17.3 Å². The number of hydrogen-bond donors (Lipinski definition) is 1. The SMILES string of the molecule is Cc1nnc(-c2ccc3c(c2)nc(CN2CCC(c4cccnc4OCc4ccc(Cl)cc4F)CC2)n3C[C@@H]2CCO2)[nH]1. The highest BCUT2D eigenvalue weighted by molar-refractivity contribution is 6.30. The van der Waals surface area contributed by atoms with E-state index >= 15 is 0 Å². The van der Waals surface area contributed by atoms with E-state index in [0.717, 1.165) is 91.7 Å². The molecule has 0 aliphatic carbocycles. The molecule has 5 aromatic rings. The number of likely N-dealkylation sites (tertiary alicyclic amines) is 1. The number of hydrogen-bond acceptors (Lipinski definition) is 7. The number of halogens is 2. The molecule has 0 radical (unpaired) electrons. The molecule has 1 N–H and O–H groups in total. The Morgan fingerprint density at radius 3 is 2.70 bits per heavy atom. The molecule has 2 aliphatic heterocycles. The first kappa shape index (κ1) is 27.9. The van der Waals surface area contributed by atoms with Crippen molar-refractivity contribution in [1.82, 2.24) is 34.6 Å². The molecule has 2 aromatic carbocycles. The molecule has 43 heavy (non-hydrogen) atoms. The number of piperidine rings is 1. The van der Waals surface area contributed by atoms with Gasteiger partial charge in [0, 0.05) is 34.5 Å². The van der Waals surface area contributed by atoms with Crippen molar-refractivity contribution in [2.75, 3.05) is 19.7 Å². The van der Waals surface area contributed by atoms with Crippen molar-refractivity contribution >= 4 is 22.6 Å². The van der Waals surface area contributed by atoms with Gasteiger partial charge >= 0.3 is 0 Å². The van der Waals surface area contributed by atoms with Gasteiger partial charge in [0.1, 0.15) is 24.1 Å². The number of pyridine rings is 1. The zero-order valence-corrected chi connectivity index (χ0v) is 24.7. The molecule has 0 spiro atoms. The highest BCUT2D eigenvalue weighted by Crippen LogP contribution is 2.34. The van der Waals surface area contributed by atoms with E-state index in [9.17, 15) is 4.39 Å². The van der Waals surface area contributed by atoms with Crippen LogP contribution in [-0.4, -0.2) is 60.4 Å². The Morgan fingerprint density at radius 2 is 1.95 bits per heavy atom. The number of nitrogens with one attached hydrogen (secondary N) is 1. The van der Waals surface area contributed by atoms with E-state index in [1.54, 1.807) is 18.3 Å². The van der Waals surface area contributed by atoms with Crippen molar-refractivity contribution in [2.24, 2.45) is 0 Å². The Hall–Kier alpha value is -3.86. The first-order valence-electron chi connectivity index (χ1n) is 14.7. The Kier molecular flexibility index (Phi) is 7.81. The smallest absolute Gasteiger partial charge is 0.217 e. The predicted molar refractivity (Wildman–Crippen MR) is 161 cm³/mol. The van der Waals surface area contributed by atoms with Gasteiger partial charge in [-0.1, -0.05) is 23.7 Å². The fraction of sp³-hybridized carbons (Fsp3) is 0.375. The number of aryl methyl sites for hydroxylation is 1. The molecular formula is C32H33ClFN7O2. The molecule has 11 heteroatoms. The molecule has 7 rings (SSSR count). The molecule has 0 saturated carbocycles. The lowest BCUT2D eigenvalue weighted by atomic mass is 9.90. The number of imidazole rings is 1. The Bertz CT molecular complexity index is 1740. The van der Waals surface area contributed by atoms with Crippen LogP contribution < -0.4 is 4.74 Å². The number of aromatic nitrogens is 6. The second kappa shape index (κ2) is 12.0. The molecule has 0 unspecified atom stereocenters. The largest absolute Gasteiger partial charge is 0.472 e. The van der Waals surface area contributed by atoms with Crippen LogP contribution in [0.1, 0.15) is 48.0 Å². The Labute approximate surface area is 254 Å². The van der Waals surface area contributed by atoms with Crippen LogP contribution in [0.4, 0.5) is 4.39 Å². The summed E-state index contributed by atoms with van der Waals surface area (Å²) < 4.78 is 28.4. The third-order valence-electron chi connectivity index (χ3n) is 8.45. The minimum atomic E-state index is -0.377. The molecule has 9 nitrogen and oxygen atoms in total. The second-order valence-electron chi connectivity index (χ2n) is 11.4. The predicted octanol–water partition coefficient (Wildman–Crippen LogP) is 6.06. The normalized spacial score (nSPS) is 17.8. The van der Waals surface area contributed by atoms with E-state index in [1.165, 1.54) is 6.07 Å². The van der Waals surface area contributed by atoms with E-state index < -0.39 is 0 Å². The highest BCUT2D eigenvalue weighted by atomic mass is 35.5. The summed E-state index contributed by atoms with van der Waals surface area (Å²) >= 11 is 5.90. The first-order valence-corrected chi connectivity index (χ1v) is 15.1. The van der Waals surface area contributed by atoms with Gasteiger partial charge in [-0.15, -0.1) is 10.2 Å². The van der Waals surface area contributed by atoms with E-state index in [1.807, 2.05) is 13.0 Å². The fourth-order valence-electron chi connectivity index (χ4n) is 5.98. The Balaban J connectivity index is 1.05. The van der Waals surface area contributed by atoms with Crippen LogP contribution in [0.15, 0.2) is 54.7 Å². The Morgan fingerprint density at radius 1 is 1.09 bits per heavy atom. The lowest BCUT2D eigenvalue weighted by Gasteiger charge is -2.33. The number of fused-ring (bicyclic) bond motifs is 1. The third-order valence-corrected chi connectivity index (χ3v) is 8.69. The minimum Gasteiger partial charge on any atom is -0.472 e. The summed E-state index contributed by atoms with van der Waals surface area (Å²) in [7, 11) is 0. The summed E-state index contributed by atoms with van der Waals surface area (Å²) in [5, 5.41) is 8.73. The number of nitrogens with zero attached hydrogens (tertiary/aromatic N) is 6. The number of aromatic amines is 1. The summed E-state index contributed by atoms with van der Waals surface area (Å²) in [4.78, 5) is 15.3. The quantitative estimate of drug-likeness (QED) is 0.219. The molecule has 0 bridgehead atoms. The van der Waals surface area contributed by atoms with Crippen molar-refractivity contribution in [3.63, 3.8) is 0 Å². The summed E-state index contributed by atoms with van der Waals surface area (Å²) in [6.07, 6.45) is 4.96. The van der Waals surface area contributed by atoms with Crippen LogP contribution in [0, 0.1) is 12.7 Å². The van der Waals surface area contributed by atoms with E-state index in [-0.39, 0.29) is 18.5 Å². The zero-order valence-electron chi connectivity index (χ0n) is 24.0. The van der Waals surface area contributed by atoms with E-state index in [2.05, 4.69) is 53.9 Å². The molecule has 0 amide bonds. The maximum absolute atomic E-state index is 14.3. The van der Waals surface area contributed by atoms with Gasteiger partial charge in [-0.3, -0.25) is 4.90 Å². The lowest BCUT2D eigenvalue weighted by molar-refractivity contribution is -0.0592. The molecule has 1 atom stereocenters. The van der Waals surface area contributed by atoms with Crippen LogP contribution in [0.2, 0.25) is 5.02 Å². The maximum Gasteiger partial charge on any atom is 0.217 e. The molecule has 5 heterocycles. The molecule has 222 valence electrons. The molecular weight excluding hydrogens is 569 g/mol. The first-order chi connectivity index (χ1) is 21.0. The second-order valence-corrected chi connectivity index (χ2v) is 11.8. The summed E-state index contributed by atoms with van der Waals surface area (Å²) in [6, 6.07) is 14.9. The van der Waals surface area contributed by atoms with Gasteiger partial charge < -0.3 is 19.0 Å². The van der Waals surface area contributed by atoms with Crippen LogP contribution in [-0.2, 0) is 24.4 Å². The van der Waals surface area contributed by atoms with Gasteiger partial charge in [0.25, 0.3) is 0 Å². The number of ether oxygens (including phenoxy) is 2. The number of benzene rings is 2. The van der Waals surface area contributed by atoms with Crippen molar-refractivity contribution < 1.29 is 13.9 Å². The molecule has 2 fully saturated rings. The molecule has 2 saturated heterocycles. The third kappa shape index (κ3) is 6.00. The van der Waals surface area contributed by atoms with Gasteiger partial charge in [-0.25, -0.2) is 14.4 Å². The van der Waals surface area contributed by atoms with Crippen LogP contribution in [0.5, 0.6) is 5.88 Å². The lowest BCUT2D eigenvalue weighted by Crippen LogP contribution is -2.35. The van der Waals surface area contributed by atoms with Gasteiger partial charge in [-0.2, -0.15) is 0 Å². The van der Waals surface area contributed by atoms with Gasteiger partial charge in [0.2, 0.25) is 5.88 Å². The zero-order chi connectivity index (χ0) is 29.3. The fourth-order valence-corrected chi connectivity index (χ4v) is 6.14. The molecule has 3 aromatic heterocycles. The number of rotatable bonds is 9. The average Bonchev–Trinajstić information content (AvgIpc) is 3.57. The van der Waals surface area contributed by atoms with Crippen molar-refractivity contribution in [2.45, 2.75) is 57.9 Å². The van der Waals surface area contributed by atoms with Crippen LogP contribution in [0.25, 0.3) is 22.4 Å². The average molecular weight is 602 g/mol. The van der Waals surface area contributed by atoms with Crippen molar-refractivity contribution in [1.29, 1.82) is 0 Å². The van der Waals surface area contributed by atoms with Crippen LogP contribution >= 0.6 is 11.6 Å². The maximum atomic E-state index is 14.3. The van der Waals surface area contributed by atoms with Gasteiger partial charge in [0.15, 0.2) is 5.82 Å².